The van der Waals surface area contributed by atoms with Gasteiger partial charge in [-0.2, -0.15) is 0 Å². The molecule has 0 bridgehead atoms. The highest BCUT2D eigenvalue weighted by Crippen LogP contribution is 2.37. The minimum Gasteiger partial charge on any atom is -0.327 e. The Morgan fingerprint density at radius 3 is 2.52 bits per heavy atom. The van der Waals surface area contributed by atoms with Crippen LogP contribution in [0.5, 0.6) is 0 Å². The second-order valence-electron chi connectivity index (χ2n) is 7.07. The summed E-state index contributed by atoms with van der Waals surface area (Å²) in [6.07, 6.45) is 0. The van der Waals surface area contributed by atoms with Crippen molar-refractivity contribution in [2.75, 3.05) is 13.1 Å². The van der Waals surface area contributed by atoms with E-state index in [9.17, 15) is 9.18 Å². The highest BCUT2D eigenvalue weighted by molar-refractivity contribution is 5.91. The Bertz CT molecular complexity index is 650. The van der Waals surface area contributed by atoms with E-state index in [4.69, 9.17) is 5.73 Å². The van der Waals surface area contributed by atoms with Crippen molar-refractivity contribution in [2.24, 2.45) is 17.1 Å². The van der Waals surface area contributed by atoms with E-state index in [2.05, 4.69) is 19.3 Å². The van der Waals surface area contributed by atoms with Gasteiger partial charge in [0.15, 0.2) is 0 Å². The van der Waals surface area contributed by atoms with E-state index in [1.165, 1.54) is 6.07 Å². The first-order valence-corrected chi connectivity index (χ1v) is 7.97. The van der Waals surface area contributed by atoms with Gasteiger partial charge in [-0.3, -0.25) is 15.2 Å². The predicted molar refractivity (Wildman–Crippen MR) is 90.6 cm³/mol. The Morgan fingerprint density at radius 2 is 2.00 bits per heavy atom. The largest absolute Gasteiger partial charge is 0.327 e. The van der Waals surface area contributed by atoms with Gasteiger partial charge in [-0.05, 0) is 61.6 Å². The third-order valence-corrected chi connectivity index (χ3v) is 4.28. The molecule has 0 atom stereocenters. The van der Waals surface area contributed by atoms with Crippen LogP contribution >= 0.6 is 0 Å². The topological polar surface area (TPSA) is 58.4 Å². The Morgan fingerprint density at radius 1 is 1.35 bits per heavy atom. The van der Waals surface area contributed by atoms with Crippen molar-refractivity contribution in [3.63, 3.8) is 0 Å². The van der Waals surface area contributed by atoms with Crippen LogP contribution in [0.3, 0.4) is 0 Å². The summed E-state index contributed by atoms with van der Waals surface area (Å²) in [4.78, 5) is 12.8. The van der Waals surface area contributed by atoms with Gasteiger partial charge in [-0.1, -0.05) is 13.8 Å². The van der Waals surface area contributed by atoms with Gasteiger partial charge in [0.2, 0.25) is 0 Å². The van der Waals surface area contributed by atoms with Crippen LogP contribution < -0.4 is 11.2 Å². The van der Waals surface area contributed by atoms with E-state index in [0.29, 0.717) is 18.0 Å². The molecule has 126 valence electrons. The number of nitrogens with one attached hydrogen (secondary N) is 1. The first kappa shape index (κ1) is 17.5. The number of hydrogen-bond donors (Lipinski definition) is 2. The maximum Gasteiger partial charge on any atom is 0.250 e. The van der Waals surface area contributed by atoms with Crippen LogP contribution in [0, 0.1) is 24.1 Å². The van der Waals surface area contributed by atoms with Crippen molar-refractivity contribution in [3.8, 4) is 0 Å². The molecule has 0 radical (unpaired) electrons. The molecule has 3 N–H and O–H groups in total. The van der Waals surface area contributed by atoms with Gasteiger partial charge in [-0.25, -0.2) is 4.39 Å². The quantitative estimate of drug-likeness (QED) is 0.897. The zero-order chi connectivity index (χ0) is 17.4. The number of hydrazine groups is 1. The van der Waals surface area contributed by atoms with E-state index < -0.39 is 5.41 Å². The Hall–Kier alpha value is -1.88. The van der Waals surface area contributed by atoms with Crippen molar-refractivity contribution in [3.05, 3.63) is 40.7 Å². The van der Waals surface area contributed by atoms with Crippen molar-refractivity contribution in [1.29, 1.82) is 0 Å². The van der Waals surface area contributed by atoms with Crippen LogP contribution in [0.15, 0.2) is 23.8 Å². The van der Waals surface area contributed by atoms with Crippen LogP contribution in [0.1, 0.15) is 38.8 Å². The molecule has 2 rings (SSSR count). The highest BCUT2D eigenvalue weighted by atomic mass is 19.1. The Kier molecular flexibility index (Phi) is 4.80. The first-order valence-electron chi connectivity index (χ1n) is 7.97. The van der Waals surface area contributed by atoms with Gasteiger partial charge in [-0.15, -0.1) is 0 Å². The standard InChI is InChI=1S/C18H26FN3O/c1-11(2)10-22-17(23)18(4,5)14(9-20)16(21-22)13-6-7-15(19)12(3)8-13/h6-8,11,21H,9-10,20H2,1-5H3. The molecule has 1 aliphatic heterocycles. The van der Waals surface area contributed by atoms with Crippen LogP contribution in [0.25, 0.3) is 5.70 Å². The lowest BCUT2D eigenvalue weighted by atomic mass is 9.79. The van der Waals surface area contributed by atoms with Gasteiger partial charge in [0.05, 0.1) is 11.1 Å². The smallest absolute Gasteiger partial charge is 0.250 e. The fraction of sp³-hybridized carbons (Fsp3) is 0.500. The average molecular weight is 319 g/mol. The van der Waals surface area contributed by atoms with E-state index in [-0.39, 0.29) is 18.3 Å². The van der Waals surface area contributed by atoms with Gasteiger partial charge in [0.1, 0.15) is 5.82 Å². The zero-order valence-corrected chi connectivity index (χ0v) is 14.5. The molecule has 1 aromatic rings. The summed E-state index contributed by atoms with van der Waals surface area (Å²) in [7, 11) is 0. The molecular formula is C18H26FN3O. The number of carbonyl (C=O) groups is 1. The van der Waals surface area contributed by atoms with Crippen LogP contribution in [-0.2, 0) is 4.79 Å². The summed E-state index contributed by atoms with van der Waals surface area (Å²) in [5.74, 6) is 0.0981. The summed E-state index contributed by atoms with van der Waals surface area (Å²) < 4.78 is 13.6. The third-order valence-electron chi connectivity index (χ3n) is 4.28. The summed E-state index contributed by atoms with van der Waals surface area (Å²) in [6.45, 7) is 10.5. The summed E-state index contributed by atoms with van der Waals surface area (Å²) in [6, 6.07) is 4.95. The van der Waals surface area contributed by atoms with Gasteiger partial charge < -0.3 is 5.73 Å². The van der Waals surface area contributed by atoms with Crippen molar-refractivity contribution >= 4 is 11.6 Å². The second-order valence-corrected chi connectivity index (χ2v) is 7.07. The number of carbonyl (C=O) groups excluding carboxylic acids is 1. The van der Waals surface area contributed by atoms with Crippen molar-refractivity contribution in [2.45, 2.75) is 34.6 Å². The van der Waals surface area contributed by atoms with Gasteiger partial charge >= 0.3 is 0 Å². The fourth-order valence-electron chi connectivity index (χ4n) is 2.92. The Balaban J connectivity index is 2.56. The molecule has 0 fully saturated rings. The van der Waals surface area contributed by atoms with Crippen LogP contribution in [0.4, 0.5) is 4.39 Å². The molecular weight excluding hydrogens is 293 g/mol. The molecule has 0 saturated carbocycles. The van der Waals surface area contributed by atoms with E-state index in [1.54, 1.807) is 24.1 Å². The molecule has 1 heterocycles. The molecule has 4 nitrogen and oxygen atoms in total. The average Bonchev–Trinajstić information content (AvgIpc) is 2.46. The highest BCUT2D eigenvalue weighted by Gasteiger charge is 2.41. The lowest BCUT2D eigenvalue weighted by Crippen LogP contribution is -2.55. The molecule has 5 heteroatoms. The molecule has 23 heavy (non-hydrogen) atoms. The molecule has 0 aliphatic carbocycles. The van der Waals surface area contributed by atoms with Crippen molar-refractivity contribution < 1.29 is 9.18 Å². The normalized spacial score (nSPS) is 17.7. The number of nitrogens with zero attached hydrogens (tertiary/aromatic N) is 1. The number of hydrogen-bond acceptors (Lipinski definition) is 3. The number of amides is 1. The van der Waals surface area contributed by atoms with Gasteiger partial charge in [0.25, 0.3) is 5.91 Å². The molecule has 1 amide bonds. The zero-order valence-electron chi connectivity index (χ0n) is 14.5. The number of halogens is 1. The third kappa shape index (κ3) is 3.24. The number of rotatable bonds is 4. The van der Waals surface area contributed by atoms with Crippen molar-refractivity contribution in [1.82, 2.24) is 10.4 Å². The second kappa shape index (κ2) is 6.32. The molecule has 1 aromatic carbocycles. The van der Waals surface area contributed by atoms with Crippen LogP contribution in [-0.4, -0.2) is 24.0 Å². The number of nitrogens with two attached hydrogens (primary N) is 1. The minimum absolute atomic E-state index is 0.00855. The molecule has 1 aliphatic rings. The predicted octanol–water partition coefficient (Wildman–Crippen LogP) is 2.83. The lowest BCUT2D eigenvalue weighted by molar-refractivity contribution is -0.142. The lowest BCUT2D eigenvalue weighted by Gasteiger charge is -2.42. The number of benzene rings is 1. The fourth-order valence-corrected chi connectivity index (χ4v) is 2.92. The molecule has 0 spiro atoms. The maximum atomic E-state index is 13.6. The molecule has 0 saturated heterocycles. The van der Waals surface area contributed by atoms with Crippen LogP contribution in [0.2, 0.25) is 0 Å². The first-order chi connectivity index (χ1) is 10.7. The molecule has 0 unspecified atom stereocenters. The number of aryl methyl sites for hydroxylation is 1. The SMILES string of the molecule is Cc1cc(C2=C(CN)C(C)(C)C(=O)N(CC(C)C)N2)ccc1F. The Labute approximate surface area is 137 Å². The van der Waals surface area contributed by atoms with E-state index in [1.807, 2.05) is 13.8 Å². The maximum absolute atomic E-state index is 13.6. The monoisotopic (exact) mass is 319 g/mol. The van der Waals surface area contributed by atoms with Gasteiger partial charge in [0, 0.05) is 13.1 Å². The molecule has 0 aromatic heterocycles. The van der Waals surface area contributed by atoms with E-state index in [0.717, 1.165) is 16.8 Å². The van der Waals surface area contributed by atoms with E-state index >= 15 is 0 Å². The summed E-state index contributed by atoms with van der Waals surface area (Å²) >= 11 is 0. The summed E-state index contributed by atoms with van der Waals surface area (Å²) in [5, 5.41) is 1.65. The summed E-state index contributed by atoms with van der Waals surface area (Å²) in [5.41, 5.74) is 11.5. The minimum atomic E-state index is -0.688.